The maximum Gasteiger partial charge on any atom is 0.242 e. The van der Waals surface area contributed by atoms with Crippen LogP contribution in [0.1, 0.15) is 26.3 Å². The van der Waals surface area contributed by atoms with Crippen LogP contribution in [0.5, 0.6) is 0 Å². The average Bonchev–Trinajstić information content (AvgIpc) is 2.27. The van der Waals surface area contributed by atoms with Gasteiger partial charge in [-0.15, -0.1) is 0 Å². The molecule has 0 radical (unpaired) electrons. The normalized spacial score (nSPS) is 13.0. The van der Waals surface area contributed by atoms with Crippen molar-refractivity contribution < 1.29 is 13.5 Å². The monoisotopic (exact) mass is 271 g/mol. The first-order valence-corrected chi connectivity index (χ1v) is 7.38. The van der Waals surface area contributed by atoms with E-state index in [4.69, 9.17) is 0 Å². The highest BCUT2D eigenvalue weighted by Gasteiger charge is 2.26. The summed E-state index contributed by atoms with van der Waals surface area (Å²) in [5, 5.41) is 9.69. The molecule has 0 heterocycles. The van der Waals surface area contributed by atoms with Gasteiger partial charge in [-0.25, -0.2) is 8.42 Å². The van der Waals surface area contributed by atoms with Crippen molar-refractivity contribution in [2.75, 3.05) is 13.6 Å². The maximum atomic E-state index is 12.3. The molecule has 5 heteroatoms. The third-order valence-corrected chi connectivity index (χ3v) is 4.42. The minimum atomic E-state index is -3.53. The van der Waals surface area contributed by atoms with Crippen molar-refractivity contribution in [3.05, 3.63) is 29.8 Å². The minimum Gasteiger partial charge on any atom is -0.389 e. The lowest BCUT2D eigenvalue weighted by Gasteiger charge is -2.25. The molecule has 0 bridgehead atoms. The number of likely N-dealkylation sites (N-methyl/N-ethyl adjacent to an activating group) is 1. The van der Waals surface area contributed by atoms with Crippen LogP contribution in [-0.2, 0) is 16.4 Å². The Morgan fingerprint density at radius 3 is 2.44 bits per heavy atom. The molecule has 0 fully saturated rings. The van der Waals surface area contributed by atoms with Crippen molar-refractivity contribution in [2.45, 2.75) is 37.7 Å². The van der Waals surface area contributed by atoms with E-state index in [-0.39, 0.29) is 11.4 Å². The van der Waals surface area contributed by atoms with Gasteiger partial charge in [-0.1, -0.05) is 19.1 Å². The van der Waals surface area contributed by atoms with Gasteiger partial charge in [0.15, 0.2) is 0 Å². The van der Waals surface area contributed by atoms with E-state index < -0.39 is 15.6 Å². The number of hydrogen-bond donors (Lipinski definition) is 1. The molecule has 0 spiro atoms. The van der Waals surface area contributed by atoms with Gasteiger partial charge in [0.2, 0.25) is 10.0 Å². The zero-order chi connectivity index (χ0) is 14.0. The van der Waals surface area contributed by atoms with Crippen LogP contribution in [0.15, 0.2) is 29.2 Å². The Morgan fingerprint density at radius 2 is 1.94 bits per heavy atom. The first-order valence-electron chi connectivity index (χ1n) is 5.94. The molecule has 0 atom stereocenters. The van der Waals surface area contributed by atoms with E-state index in [2.05, 4.69) is 0 Å². The van der Waals surface area contributed by atoms with Gasteiger partial charge in [0.05, 0.1) is 10.5 Å². The standard InChI is InChI=1S/C13H21NO3S/c1-5-11-7-6-8-12(9-11)18(16,17)14(4)10-13(2,3)15/h6-9,15H,5,10H2,1-4H3. The molecule has 1 N–H and O–H groups in total. The summed E-state index contributed by atoms with van der Waals surface area (Å²) >= 11 is 0. The second kappa shape index (κ2) is 5.38. The van der Waals surface area contributed by atoms with Gasteiger partial charge in [0.25, 0.3) is 0 Å². The van der Waals surface area contributed by atoms with Crippen LogP contribution in [0.2, 0.25) is 0 Å². The second-order valence-electron chi connectivity index (χ2n) is 5.07. The Hall–Kier alpha value is -0.910. The average molecular weight is 271 g/mol. The lowest BCUT2D eigenvalue weighted by atomic mass is 10.1. The molecule has 0 amide bonds. The van der Waals surface area contributed by atoms with Gasteiger partial charge in [-0.3, -0.25) is 0 Å². The molecule has 0 saturated heterocycles. The summed E-state index contributed by atoms with van der Waals surface area (Å²) in [6.45, 7) is 5.21. The molecule has 0 aliphatic carbocycles. The summed E-state index contributed by atoms with van der Waals surface area (Å²) in [5.41, 5.74) is -0.0720. The fourth-order valence-corrected chi connectivity index (χ4v) is 3.13. The Kier molecular flexibility index (Phi) is 4.53. The predicted octanol–water partition coefficient (Wildman–Crippen LogP) is 1.64. The Bertz CT molecular complexity index is 503. The van der Waals surface area contributed by atoms with Crippen LogP contribution in [-0.4, -0.2) is 37.0 Å². The topological polar surface area (TPSA) is 57.6 Å². The van der Waals surface area contributed by atoms with Crippen LogP contribution in [0.25, 0.3) is 0 Å². The quantitative estimate of drug-likeness (QED) is 0.885. The van der Waals surface area contributed by atoms with Gasteiger partial charge in [0, 0.05) is 13.6 Å². The number of sulfonamides is 1. The number of aliphatic hydroxyl groups is 1. The number of nitrogens with zero attached hydrogens (tertiary/aromatic N) is 1. The zero-order valence-electron chi connectivity index (χ0n) is 11.3. The first-order chi connectivity index (χ1) is 8.16. The van der Waals surface area contributed by atoms with Crippen molar-refractivity contribution in [1.29, 1.82) is 0 Å². The summed E-state index contributed by atoms with van der Waals surface area (Å²) in [5.74, 6) is 0. The lowest BCUT2D eigenvalue weighted by molar-refractivity contribution is 0.0640. The van der Waals surface area contributed by atoms with Crippen molar-refractivity contribution >= 4 is 10.0 Å². The van der Waals surface area contributed by atoms with Crippen molar-refractivity contribution in [2.24, 2.45) is 0 Å². The van der Waals surface area contributed by atoms with E-state index in [1.165, 1.54) is 11.4 Å². The Balaban J connectivity index is 3.05. The SMILES string of the molecule is CCc1cccc(S(=O)(=O)N(C)CC(C)(C)O)c1. The molecule has 4 nitrogen and oxygen atoms in total. The highest BCUT2D eigenvalue weighted by molar-refractivity contribution is 7.89. The predicted molar refractivity (Wildman–Crippen MR) is 71.9 cm³/mol. The third kappa shape index (κ3) is 3.80. The summed E-state index contributed by atoms with van der Waals surface area (Å²) in [6.07, 6.45) is 0.790. The van der Waals surface area contributed by atoms with Gasteiger partial charge in [0.1, 0.15) is 0 Å². The van der Waals surface area contributed by atoms with Crippen LogP contribution in [0, 0.1) is 0 Å². The molecule has 1 rings (SSSR count). The van der Waals surface area contributed by atoms with Crippen LogP contribution < -0.4 is 0 Å². The molecule has 1 aromatic rings. The van der Waals surface area contributed by atoms with E-state index in [9.17, 15) is 13.5 Å². The number of aryl methyl sites for hydroxylation is 1. The van der Waals surface area contributed by atoms with E-state index in [1.807, 2.05) is 13.0 Å². The highest BCUT2D eigenvalue weighted by atomic mass is 32.2. The van der Waals surface area contributed by atoms with E-state index in [0.29, 0.717) is 0 Å². The van der Waals surface area contributed by atoms with Crippen molar-refractivity contribution in [3.8, 4) is 0 Å². The summed E-state index contributed by atoms with van der Waals surface area (Å²) in [4.78, 5) is 0.272. The van der Waals surface area contributed by atoms with Crippen LogP contribution >= 0.6 is 0 Å². The third-order valence-electron chi connectivity index (χ3n) is 2.62. The van der Waals surface area contributed by atoms with E-state index in [1.54, 1.807) is 32.0 Å². The number of hydrogen-bond acceptors (Lipinski definition) is 3. The molecule has 0 aliphatic rings. The maximum absolute atomic E-state index is 12.3. The van der Waals surface area contributed by atoms with Gasteiger partial charge in [-0.2, -0.15) is 4.31 Å². The fraction of sp³-hybridized carbons (Fsp3) is 0.538. The number of benzene rings is 1. The van der Waals surface area contributed by atoms with Crippen LogP contribution in [0.4, 0.5) is 0 Å². The van der Waals surface area contributed by atoms with E-state index >= 15 is 0 Å². The summed E-state index contributed by atoms with van der Waals surface area (Å²) < 4.78 is 25.8. The molecule has 0 saturated carbocycles. The Morgan fingerprint density at radius 1 is 1.33 bits per heavy atom. The second-order valence-corrected chi connectivity index (χ2v) is 7.12. The molecule has 0 aromatic heterocycles. The molecule has 0 aliphatic heterocycles. The largest absolute Gasteiger partial charge is 0.389 e. The summed E-state index contributed by atoms with van der Waals surface area (Å²) in [7, 11) is -2.05. The lowest BCUT2D eigenvalue weighted by Crippen LogP contribution is -2.39. The molecule has 102 valence electrons. The number of rotatable bonds is 5. The first kappa shape index (κ1) is 15.1. The van der Waals surface area contributed by atoms with Crippen LogP contribution in [0.3, 0.4) is 0 Å². The van der Waals surface area contributed by atoms with Crippen molar-refractivity contribution in [1.82, 2.24) is 4.31 Å². The molecule has 1 aromatic carbocycles. The summed E-state index contributed by atoms with van der Waals surface area (Å²) in [6, 6.07) is 6.89. The van der Waals surface area contributed by atoms with Gasteiger partial charge in [-0.05, 0) is 38.0 Å². The highest BCUT2D eigenvalue weighted by Crippen LogP contribution is 2.18. The van der Waals surface area contributed by atoms with Crippen molar-refractivity contribution in [3.63, 3.8) is 0 Å². The minimum absolute atomic E-state index is 0.0612. The fourth-order valence-electron chi connectivity index (χ4n) is 1.74. The molecular formula is C13H21NO3S. The molecule has 18 heavy (non-hydrogen) atoms. The van der Waals surface area contributed by atoms with E-state index in [0.717, 1.165) is 12.0 Å². The molecule has 0 unspecified atom stereocenters. The zero-order valence-corrected chi connectivity index (χ0v) is 12.2. The van der Waals surface area contributed by atoms with Gasteiger partial charge >= 0.3 is 0 Å². The smallest absolute Gasteiger partial charge is 0.242 e. The molecular weight excluding hydrogens is 250 g/mol. The Labute approximate surface area is 109 Å². The van der Waals surface area contributed by atoms with Gasteiger partial charge < -0.3 is 5.11 Å².